The molecule has 11 heteroatoms. The van der Waals surface area contributed by atoms with Crippen molar-refractivity contribution in [3.63, 3.8) is 0 Å². The van der Waals surface area contributed by atoms with E-state index >= 15 is 0 Å². The van der Waals surface area contributed by atoms with Crippen molar-refractivity contribution in [2.75, 3.05) is 11.5 Å². The number of alkyl carbamates (subject to hydrolysis) is 1. The maximum Gasteiger partial charge on any atom is 0.408 e. The molecule has 1 aromatic carbocycles. The van der Waals surface area contributed by atoms with Crippen LogP contribution in [0.15, 0.2) is 28.6 Å². The van der Waals surface area contributed by atoms with Gasteiger partial charge >= 0.3 is 12.3 Å². The van der Waals surface area contributed by atoms with Crippen LogP contribution in [0, 0.1) is 0 Å². The van der Waals surface area contributed by atoms with Crippen LogP contribution in [0.3, 0.4) is 0 Å². The summed E-state index contributed by atoms with van der Waals surface area (Å²) in [5, 5.41) is 12.1. The number of nitrogens with one attached hydrogen (secondary N) is 1. The number of phenols is 1. The number of carbonyl (C=O) groups excluding carboxylic acids is 2. The number of ether oxygens (including phenoxy) is 1. The van der Waals surface area contributed by atoms with E-state index in [0.29, 0.717) is 0 Å². The molecule has 2 rings (SSSR count). The van der Waals surface area contributed by atoms with Gasteiger partial charge < -0.3 is 15.2 Å². The fourth-order valence-corrected chi connectivity index (χ4v) is 5.06. The average Bonchev–Trinajstić information content (AvgIpc) is 2.56. The molecule has 0 fully saturated rings. The van der Waals surface area contributed by atoms with Crippen LogP contribution >= 0.6 is 0 Å². The first kappa shape index (κ1) is 24.0. The van der Waals surface area contributed by atoms with Gasteiger partial charge in [-0.2, -0.15) is 17.5 Å². The summed E-state index contributed by atoms with van der Waals surface area (Å²) in [4.78, 5) is 24.0. The molecular formula is C19H25F3N2O5S. The first-order valence-electron chi connectivity index (χ1n) is 9.31. The normalized spacial score (nSPS) is 23.4. The van der Waals surface area contributed by atoms with Crippen molar-refractivity contribution in [3.8, 4) is 5.75 Å². The van der Waals surface area contributed by atoms with Gasteiger partial charge in [-0.3, -0.25) is 4.79 Å². The summed E-state index contributed by atoms with van der Waals surface area (Å²) in [7, 11) is -3.22. The van der Waals surface area contributed by atoms with Gasteiger partial charge in [-0.15, -0.1) is 0 Å². The van der Waals surface area contributed by atoms with E-state index in [1.165, 1.54) is 12.1 Å². The van der Waals surface area contributed by atoms with Crippen LogP contribution in [0.1, 0.15) is 45.1 Å². The van der Waals surface area contributed by atoms with Crippen LogP contribution in [0.5, 0.6) is 5.75 Å². The second-order valence-corrected chi connectivity index (χ2v) is 10.6. The SMILES string of the molecule is CC(C)(C)OC(=O)N[C@H]1CCS(=O)(CCC(c2ccccc2O)C(F)(F)F)=NC1=O. The molecule has 3 atom stereocenters. The average molecular weight is 450 g/mol. The number of para-hydroxylation sites is 1. The van der Waals surface area contributed by atoms with Crippen molar-refractivity contribution in [2.45, 2.75) is 57.3 Å². The number of halogens is 3. The van der Waals surface area contributed by atoms with Crippen LogP contribution in [0.4, 0.5) is 18.0 Å². The third kappa shape index (κ3) is 6.61. The number of amides is 2. The molecular weight excluding hydrogens is 425 g/mol. The van der Waals surface area contributed by atoms with Crippen molar-refractivity contribution >= 4 is 21.7 Å². The summed E-state index contributed by atoms with van der Waals surface area (Å²) in [6.45, 7) is 4.94. The first-order chi connectivity index (χ1) is 13.7. The van der Waals surface area contributed by atoms with E-state index in [1.54, 1.807) is 20.8 Å². The number of alkyl halides is 3. The highest BCUT2D eigenvalue weighted by Gasteiger charge is 2.42. The predicted molar refractivity (Wildman–Crippen MR) is 105 cm³/mol. The molecule has 1 aromatic rings. The number of hydrogen-bond donors (Lipinski definition) is 2. The Morgan fingerprint density at radius 1 is 1.33 bits per heavy atom. The van der Waals surface area contributed by atoms with Crippen molar-refractivity contribution < 1.29 is 36.8 Å². The Labute approximate surface area is 173 Å². The van der Waals surface area contributed by atoms with Crippen LogP contribution in [-0.4, -0.2) is 50.6 Å². The van der Waals surface area contributed by atoms with E-state index in [2.05, 4.69) is 9.68 Å². The summed E-state index contributed by atoms with van der Waals surface area (Å²) in [5.41, 5.74) is -1.10. The zero-order valence-corrected chi connectivity index (χ0v) is 17.7. The molecule has 0 aromatic heterocycles. The van der Waals surface area contributed by atoms with Crippen molar-refractivity contribution in [2.24, 2.45) is 4.36 Å². The summed E-state index contributed by atoms with van der Waals surface area (Å²) >= 11 is 0. The van der Waals surface area contributed by atoms with Crippen molar-refractivity contribution in [3.05, 3.63) is 29.8 Å². The maximum atomic E-state index is 13.5. The third-order valence-corrected chi connectivity index (χ3v) is 6.66. The fraction of sp³-hybridized carbons (Fsp3) is 0.579. The number of rotatable bonds is 5. The summed E-state index contributed by atoms with van der Waals surface area (Å²) in [5.74, 6) is -4.00. The number of benzene rings is 1. The Hall–Kier alpha value is -2.30. The molecule has 2 N–H and O–H groups in total. The number of nitrogens with zero attached hydrogens (tertiary/aromatic N) is 1. The summed E-state index contributed by atoms with van der Waals surface area (Å²) < 4.78 is 62.1. The summed E-state index contributed by atoms with van der Waals surface area (Å²) in [6, 6.07) is 4.04. The van der Waals surface area contributed by atoms with Gasteiger partial charge in [0.15, 0.2) is 0 Å². The number of hydrogen-bond acceptors (Lipinski definition) is 5. The van der Waals surface area contributed by atoms with Crippen LogP contribution in [-0.2, 0) is 19.3 Å². The molecule has 2 unspecified atom stereocenters. The molecule has 0 saturated heterocycles. The fourth-order valence-electron chi connectivity index (χ4n) is 3.01. The van der Waals surface area contributed by atoms with E-state index in [-0.39, 0.29) is 17.7 Å². The van der Waals surface area contributed by atoms with Crippen molar-refractivity contribution in [1.82, 2.24) is 5.32 Å². The Balaban J connectivity index is 2.11. The maximum absolute atomic E-state index is 13.5. The lowest BCUT2D eigenvalue weighted by atomic mass is 9.95. The van der Waals surface area contributed by atoms with Gasteiger partial charge in [0.1, 0.15) is 17.4 Å². The predicted octanol–water partition coefficient (Wildman–Crippen LogP) is 3.72. The van der Waals surface area contributed by atoms with Gasteiger partial charge in [-0.05, 0) is 39.7 Å². The highest BCUT2D eigenvalue weighted by atomic mass is 32.2. The number of phenolic OH excluding ortho intramolecular Hbond substituents is 1. The van der Waals surface area contributed by atoms with Gasteiger partial charge in [0.05, 0.1) is 15.6 Å². The monoisotopic (exact) mass is 450 g/mol. The lowest BCUT2D eigenvalue weighted by Gasteiger charge is -2.26. The second-order valence-electron chi connectivity index (χ2n) is 8.04. The minimum absolute atomic E-state index is 0.0202. The van der Waals surface area contributed by atoms with E-state index in [1.807, 2.05) is 0 Å². The molecule has 0 bridgehead atoms. The van der Waals surface area contributed by atoms with Gasteiger partial charge in [0, 0.05) is 17.1 Å². The quantitative estimate of drug-likeness (QED) is 0.711. The van der Waals surface area contributed by atoms with Gasteiger partial charge in [0.25, 0.3) is 5.91 Å². The van der Waals surface area contributed by atoms with Gasteiger partial charge in [-0.1, -0.05) is 18.2 Å². The smallest absolute Gasteiger partial charge is 0.408 e. The molecule has 7 nitrogen and oxygen atoms in total. The molecule has 1 aliphatic heterocycles. The molecule has 0 radical (unpaired) electrons. The Kier molecular flexibility index (Phi) is 7.05. The zero-order chi connectivity index (χ0) is 22.7. The highest BCUT2D eigenvalue weighted by molar-refractivity contribution is 7.93. The van der Waals surface area contributed by atoms with E-state index in [9.17, 15) is 32.1 Å². The highest BCUT2D eigenvalue weighted by Crippen LogP contribution is 2.41. The molecule has 2 amide bonds. The first-order valence-corrected chi connectivity index (χ1v) is 11.2. The Morgan fingerprint density at radius 2 is 1.97 bits per heavy atom. The molecule has 168 valence electrons. The van der Waals surface area contributed by atoms with Crippen molar-refractivity contribution in [1.29, 1.82) is 0 Å². The van der Waals surface area contributed by atoms with Gasteiger partial charge in [-0.25, -0.2) is 9.00 Å². The number of carbonyl (C=O) groups is 2. The molecule has 0 aliphatic carbocycles. The van der Waals surface area contributed by atoms with Crippen LogP contribution < -0.4 is 5.32 Å². The molecule has 0 spiro atoms. The van der Waals surface area contributed by atoms with E-state index < -0.39 is 63.4 Å². The standard InChI is InChI=1S/C19H25F3N2O5S/c1-18(2,3)29-17(27)23-14-9-11-30(28,24-16(14)26)10-8-13(19(20,21)22)12-6-4-5-7-15(12)25/h4-7,13-14,25H,8-11H2,1-3H3,(H,23,27)/t13?,14-,30?/m0/s1. The minimum atomic E-state index is -4.67. The lowest BCUT2D eigenvalue weighted by Crippen LogP contribution is -2.46. The van der Waals surface area contributed by atoms with E-state index in [0.717, 1.165) is 12.1 Å². The Bertz CT molecular complexity index is 917. The number of aromatic hydroxyl groups is 1. The third-order valence-electron chi connectivity index (χ3n) is 4.40. The molecule has 30 heavy (non-hydrogen) atoms. The molecule has 0 saturated carbocycles. The second kappa shape index (κ2) is 8.83. The molecule has 1 aliphatic rings. The van der Waals surface area contributed by atoms with Crippen LogP contribution in [0.2, 0.25) is 0 Å². The topological polar surface area (TPSA) is 105 Å². The lowest BCUT2D eigenvalue weighted by molar-refractivity contribution is -0.151. The Morgan fingerprint density at radius 3 is 2.50 bits per heavy atom. The zero-order valence-electron chi connectivity index (χ0n) is 16.9. The molecule has 1 heterocycles. The van der Waals surface area contributed by atoms with Crippen LogP contribution in [0.25, 0.3) is 0 Å². The largest absolute Gasteiger partial charge is 0.508 e. The minimum Gasteiger partial charge on any atom is -0.508 e. The van der Waals surface area contributed by atoms with E-state index in [4.69, 9.17) is 4.74 Å². The summed E-state index contributed by atoms with van der Waals surface area (Å²) in [6.07, 6.45) is -6.12. The van der Waals surface area contributed by atoms with Gasteiger partial charge in [0.2, 0.25) is 0 Å².